The van der Waals surface area contributed by atoms with Crippen molar-refractivity contribution in [1.29, 1.82) is 0 Å². The second-order valence-electron chi connectivity index (χ2n) is 3.67. The molecule has 0 bridgehead atoms. The second-order valence-corrected chi connectivity index (χ2v) is 3.67. The van der Waals surface area contributed by atoms with Crippen molar-refractivity contribution in [2.24, 2.45) is 0 Å². The molecule has 1 fully saturated rings. The molecule has 1 rings (SSSR count). The van der Waals surface area contributed by atoms with E-state index in [2.05, 4.69) is 11.2 Å². The van der Waals surface area contributed by atoms with E-state index in [0.29, 0.717) is 18.9 Å². The lowest BCUT2D eigenvalue weighted by Crippen LogP contribution is -2.46. The molecular formula is C11H18N2O. The molecule has 0 aromatic rings. The minimum atomic E-state index is 0.197. The number of likely N-dealkylation sites (tertiary alicyclic amines) is 1. The zero-order valence-electron chi connectivity index (χ0n) is 8.75. The maximum absolute atomic E-state index is 11.6. The van der Waals surface area contributed by atoms with Gasteiger partial charge < -0.3 is 10.2 Å². The summed E-state index contributed by atoms with van der Waals surface area (Å²) < 4.78 is 0. The first-order valence-electron chi connectivity index (χ1n) is 5.16. The Bertz CT molecular complexity index is 232. The lowest BCUT2D eigenvalue weighted by atomic mass is 10.1. The fourth-order valence-electron chi connectivity index (χ4n) is 1.78. The van der Waals surface area contributed by atoms with Crippen LogP contribution in [0.2, 0.25) is 0 Å². The number of nitrogens with zero attached hydrogens (tertiary/aromatic N) is 1. The summed E-state index contributed by atoms with van der Waals surface area (Å²) >= 11 is 0. The number of nitrogens with one attached hydrogen (secondary N) is 1. The van der Waals surface area contributed by atoms with E-state index >= 15 is 0 Å². The Morgan fingerprint density at radius 3 is 3.14 bits per heavy atom. The highest BCUT2D eigenvalue weighted by molar-refractivity contribution is 5.76. The third-order valence-electron chi connectivity index (χ3n) is 2.67. The second kappa shape index (κ2) is 5.66. The highest BCUT2D eigenvalue weighted by Crippen LogP contribution is 2.11. The van der Waals surface area contributed by atoms with E-state index in [-0.39, 0.29) is 5.91 Å². The van der Waals surface area contributed by atoms with Crippen molar-refractivity contribution in [3.8, 4) is 12.3 Å². The summed E-state index contributed by atoms with van der Waals surface area (Å²) in [6.45, 7) is 1.72. The Hall–Kier alpha value is -1.01. The Morgan fingerprint density at radius 1 is 1.71 bits per heavy atom. The minimum Gasteiger partial charge on any atom is -0.341 e. The van der Waals surface area contributed by atoms with Crippen LogP contribution in [0.3, 0.4) is 0 Å². The van der Waals surface area contributed by atoms with Crippen molar-refractivity contribution in [2.45, 2.75) is 31.7 Å². The first-order valence-corrected chi connectivity index (χ1v) is 5.16. The first kappa shape index (κ1) is 11.1. The molecule has 0 aromatic carbocycles. The van der Waals surface area contributed by atoms with Crippen LogP contribution in [0.5, 0.6) is 0 Å². The lowest BCUT2D eigenvalue weighted by molar-refractivity contribution is -0.132. The molecule has 1 N–H and O–H groups in total. The zero-order valence-corrected chi connectivity index (χ0v) is 8.75. The van der Waals surface area contributed by atoms with Crippen molar-refractivity contribution in [3.63, 3.8) is 0 Å². The average Bonchev–Trinajstić information content (AvgIpc) is 2.26. The van der Waals surface area contributed by atoms with Gasteiger partial charge in [0.2, 0.25) is 5.91 Å². The number of piperidine rings is 1. The minimum absolute atomic E-state index is 0.197. The maximum Gasteiger partial charge on any atom is 0.223 e. The van der Waals surface area contributed by atoms with Crippen LogP contribution in [0.25, 0.3) is 0 Å². The first-order chi connectivity index (χ1) is 6.77. The summed E-state index contributed by atoms with van der Waals surface area (Å²) in [6, 6.07) is 0.457. The van der Waals surface area contributed by atoms with Crippen LogP contribution in [0.4, 0.5) is 0 Å². The lowest BCUT2D eigenvalue weighted by Gasteiger charge is -2.32. The smallest absolute Gasteiger partial charge is 0.223 e. The third-order valence-corrected chi connectivity index (χ3v) is 2.67. The molecule has 14 heavy (non-hydrogen) atoms. The Labute approximate surface area is 85.9 Å². The van der Waals surface area contributed by atoms with Crippen LogP contribution in [-0.4, -0.2) is 37.0 Å². The van der Waals surface area contributed by atoms with Crippen molar-refractivity contribution in [2.75, 3.05) is 20.1 Å². The molecule has 1 amide bonds. The van der Waals surface area contributed by atoms with Gasteiger partial charge in [0.15, 0.2) is 0 Å². The Kier molecular flexibility index (Phi) is 4.48. The number of amides is 1. The van der Waals surface area contributed by atoms with Gasteiger partial charge in [0.1, 0.15) is 0 Å². The van der Waals surface area contributed by atoms with Crippen LogP contribution in [0.15, 0.2) is 0 Å². The third kappa shape index (κ3) is 3.04. The van der Waals surface area contributed by atoms with Gasteiger partial charge in [-0.25, -0.2) is 0 Å². The number of terminal acetylenes is 1. The predicted octanol–water partition coefficient (Wildman–Crippen LogP) is 0.610. The quantitative estimate of drug-likeness (QED) is 0.668. The summed E-state index contributed by atoms with van der Waals surface area (Å²) in [7, 11) is 1.94. The van der Waals surface area contributed by atoms with Gasteiger partial charge in [-0.05, 0) is 19.9 Å². The summed E-state index contributed by atoms with van der Waals surface area (Å²) in [5, 5.41) is 3.21. The van der Waals surface area contributed by atoms with Crippen LogP contribution in [0, 0.1) is 12.3 Å². The molecule has 0 aliphatic carbocycles. The molecule has 0 radical (unpaired) electrons. The summed E-state index contributed by atoms with van der Waals surface area (Å²) in [6.07, 6.45) is 8.43. The SMILES string of the molecule is C#CCCC(=O)N1CCCC(NC)C1. The maximum atomic E-state index is 11.6. The van der Waals surface area contributed by atoms with Gasteiger partial charge in [0, 0.05) is 32.0 Å². The van der Waals surface area contributed by atoms with Crippen molar-refractivity contribution in [3.05, 3.63) is 0 Å². The number of carbonyl (C=O) groups is 1. The monoisotopic (exact) mass is 194 g/mol. The fraction of sp³-hybridized carbons (Fsp3) is 0.727. The van der Waals surface area contributed by atoms with Gasteiger partial charge in [-0.1, -0.05) is 0 Å². The van der Waals surface area contributed by atoms with E-state index in [1.165, 1.54) is 0 Å². The van der Waals surface area contributed by atoms with Gasteiger partial charge in [-0.15, -0.1) is 12.3 Å². The van der Waals surface area contributed by atoms with Crippen molar-refractivity contribution in [1.82, 2.24) is 10.2 Å². The molecule has 0 saturated carbocycles. The number of carbonyl (C=O) groups excluding carboxylic acids is 1. The largest absolute Gasteiger partial charge is 0.341 e. The fourth-order valence-corrected chi connectivity index (χ4v) is 1.78. The van der Waals surface area contributed by atoms with E-state index in [4.69, 9.17) is 6.42 Å². The standard InChI is InChI=1S/C11H18N2O/c1-3-4-7-11(14)13-8-5-6-10(9-13)12-2/h1,10,12H,4-9H2,2H3. The molecule has 0 spiro atoms. The normalized spacial score (nSPS) is 21.7. The Balaban J connectivity index is 2.36. The Morgan fingerprint density at radius 2 is 2.50 bits per heavy atom. The van der Waals surface area contributed by atoms with Gasteiger partial charge in [-0.3, -0.25) is 4.79 Å². The summed E-state index contributed by atoms with van der Waals surface area (Å²) in [4.78, 5) is 13.5. The van der Waals surface area contributed by atoms with Crippen LogP contribution < -0.4 is 5.32 Å². The predicted molar refractivity (Wildman–Crippen MR) is 56.7 cm³/mol. The number of hydrogen-bond donors (Lipinski definition) is 1. The van der Waals surface area contributed by atoms with Crippen molar-refractivity contribution >= 4 is 5.91 Å². The van der Waals surface area contributed by atoms with Crippen LogP contribution in [-0.2, 0) is 4.79 Å². The molecule has 1 unspecified atom stereocenters. The average molecular weight is 194 g/mol. The van der Waals surface area contributed by atoms with Crippen molar-refractivity contribution < 1.29 is 4.79 Å². The topological polar surface area (TPSA) is 32.3 Å². The van der Waals surface area contributed by atoms with E-state index in [1.807, 2.05) is 11.9 Å². The summed E-state index contributed by atoms with van der Waals surface area (Å²) in [5.74, 6) is 2.70. The van der Waals surface area contributed by atoms with E-state index < -0.39 is 0 Å². The van der Waals surface area contributed by atoms with Gasteiger partial charge in [-0.2, -0.15) is 0 Å². The summed E-state index contributed by atoms with van der Waals surface area (Å²) in [5.41, 5.74) is 0. The molecule has 1 aliphatic heterocycles. The molecule has 1 atom stereocenters. The highest BCUT2D eigenvalue weighted by Gasteiger charge is 2.21. The van der Waals surface area contributed by atoms with E-state index in [0.717, 1.165) is 25.9 Å². The molecule has 1 saturated heterocycles. The number of likely N-dealkylation sites (N-methyl/N-ethyl adjacent to an activating group) is 1. The zero-order chi connectivity index (χ0) is 10.4. The van der Waals surface area contributed by atoms with Crippen LogP contribution >= 0.6 is 0 Å². The van der Waals surface area contributed by atoms with E-state index in [1.54, 1.807) is 0 Å². The number of hydrogen-bond acceptors (Lipinski definition) is 2. The van der Waals surface area contributed by atoms with Crippen LogP contribution in [0.1, 0.15) is 25.7 Å². The molecular weight excluding hydrogens is 176 g/mol. The molecule has 1 aliphatic rings. The molecule has 1 heterocycles. The highest BCUT2D eigenvalue weighted by atomic mass is 16.2. The van der Waals surface area contributed by atoms with Gasteiger partial charge in [0.25, 0.3) is 0 Å². The molecule has 3 nitrogen and oxygen atoms in total. The van der Waals surface area contributed by atoms with Gasteiger partial charge >= 0.3 is 0 Å². The van der Waals surface area contributed by atoms with E-state index in [9.17, 15) is 4.79 Å². The number of rotatable bonds is 3. The molecule has 78 valence electrons. The molecule has 0 aromatic heterocycles. The molecule has 3 heteroatoms. The van der Waals surface area contributed by atoms with Gasteiger partial charge in [0.05, 0.1) is 0 Å².